The molecular formula is C100H132N2. The van der Waals surface area contributed by atoms with Crippen LogP contribution in [-0.2, 0) is 65.0 Å². The van der Waals surface area contributed by atoms with Crippen molar-refractivity contribution in [2.45, 2.75) is 314 Å². The molecule has 0 atom stereocenters. The minimum Gasteiger partial charge on any atom is -0.309 e. The van der Waals surface area contributed by atoms with Gasteiger partial charge in [0.2, 0.25) is 0 Å². The molecule has 0 spiro atoms. The number of anilines is 6. The van der Waals surface area contributed by atoms with E-state index in [1.807, 2.05) is 0 Å². The lowest BCUT2D eigenvalue weighted by molar-refractivity contribution is 0.567. The molecule has 0 N–H and O–H groups in total. The molecule has 0 aliphatic heterocycles. The molecule has 0 unspecified atom stereocenters. The largest absolute Gasteiger partial charge is 0.309 e. The predicted molar refractivity (Wildman–Crippen MR) is 456 cm³/mol. The Hall–Kier alpha value is -7.16. The molecule has 0 fully saturated rings. The van der Waals surface area contributed by atoms with Gasteiger partial charge in [-0.2, -0.15) is 0 Å². The van der Waals surface area contributed by atoms with Crippen LogP contribution in [0.1, 0.15) is 316 Å². The average molecular weight is 1360 g/mol. The lowest BCUT2D eigenvalue weighted by Gasteiger charge is -2.36. The van der Waals surface area contributed by atoms with Gasteiger partial charge in [-0.15, -0.1) is 0 Å². The van der Waals surface area contributed by atoms with E-state index < -0.39 is 0 Å². The first-order valence-corrected chi connectivity index (χ1v) is 38.5. The summed E-state index contributed by atoms with van der Waals surface area (Å²) in [4.78, 5) is 5.46. The molecule has 0 aliphatic rings. The maximum Gasteiger partial charge on any atom is 0.0618 e. The third-order valence-electron chi connectivity index (χ3n) is 22.0. The Kier molecular flexibility index (Phi) is 19.2. The minimum atomic E-state index is -0.182. The molecule has 0 aliphatic carbocycles. The molecule has 0 aromatic heterocycles. The SMILES string of the molecule is CC(C)(C)c1cc(N(c2cc(C(C)(C)C)cc(C(C)(C)C)c2)c2c3ccc(C(C)(C)C)cc3c(-c3c4cc(C(C)(C)C)ccc4c(N(c4cc(C(C)(C)C)cc(C(C)(C)C)c4)c4cc(C(C)(C)C)cc(C(C)(C)C)c4)c4cc(C(C)(C)C)ccc34)c3ccc(C(C)(C)C)cc23)cc(C(C)(C)C)c1. The topological polar surface area (TPSA) is 6.48 Å². The molecule has 2 heteroatoms. The number of hydrogen-bond donors (Lipinski definition) is 0. The molecule has 10 rings (SSSR count). The van der Waals surface area contributed by atoms with Gasteiger partial charge in [-0.05, 0) is 237 Å². The van der Waals surface area contributed by atoms with Gasteiger partial charge < -0.3 is 9.80 Å². The molecule has 0 heterocycles. The van der Waals surface area contributed by atoms with Crippen LogP contribution >= 0.6 is 0 Å². The van der Waals surface area contributed by atoms with E-state index in [2.05, 4.69) is 405 Å². The van der Waals surface area contributed by atoms with Gasteiger partial charge in [0.15, 0.2) is 0 Å². The summed E-state index contributed by atoms with van der Waals surface area (Å²) >= 11 is 0. The second-order valence-corrected chi connectivity index (χ2v) is 43.2. The Morgan fingerprint density at radius 1 is 0.147 bits per heavy atom. The van der Waals surface area contributed by atoms with E-state index in [0.717, 1.165) is 0 Å². The molecule has 10 aromatic rings. The highest BCUT2D eigenvalue weighted by atomic mass is 15.2. The van der Waals surface area contributed by atoms with E-state index in [-0.39, 0.29) is 65.0 Å². The molecule has 0 amide bonds. The Bertz CT molecular complexity index is 4290. The highest BCUT2D eigenvalue weighted by molar-refractivity contribution is 6.31. The molecule has 102 heavy (non-hydrogen) atoms. The standard InChI is InChI=1S/C100H132N2/c1-89(2,3)61-39-43-79-81(57-61)85(77-41-37-63(91(7,8)9)59-83(77)87(79)101(73-49-65(93(13,14)15)45-66(50-73)94(16,17)18)74-51-67(95(19,20)21)46-68(52-74)96(22,23)24)86-78-42-38-64(92(10,11)12)60-84(78)88(80-44-40-62(58-82(80)86)90(4,5)6)102(75-53-69(97(25,26)27)47-70(54-75)98(28,29)30)76-55-71(99(31,32)33)48-72(56-76)100(34,35)36/h37-60H,1-36H3. The van der Waals surface area contributed by atoms with E-state index in [4.69, 9.17) is 0 Å². The Balaban J connectivity index is 1.57. The van der Waals surface area contributed by atoms with Gasteiger partial charge in [0.1, 0.15) is 0 Å². The van der Waals surface area contributed by atoms with Gasteiger partial charge in [-0.3, -0.25) is 0 Å². The fourth-order valence-corrected chi connectivity index (χ4v) is 14.5. The second kappa shape index (κ2) is 25.3. The fraction of sp³-hybridized carbons (Fsp3) is 0.480. The van der Waals surface area contributed by atoms with Crippen LogP contribution in [0.3, 0.4) is 0 Å². The summed E-state index contributed by atoms with van der Waals surface area (Å²) in [5.74, 6) is 0. The highest BCUT2D eigenvalue weighted by Crippen LogP contribution is 2.57. The van der Waals surface area contributed by atoms with Crippen LogP contribution in [0, 0.1) is 0 Å². The van der Waals surface area contributed by atoms with Gasteiger partial charge in [0.05, 0.1) is 11.4 Å². The van der Waals surface area contributed by atoms with Crippen molar-refractivity contribution in [3.63, 3.8) is 0 Å². The lowest BCUT2D eigenvalue weighted by atomic mass is 9.77. The van der Waals surface area contributed by atoms with Crippen LogP contribution in [0.25, 0.3) is 54.2 Å². The molecular weight excluding hydrogens is 1230 g/mol. The van der Waals surface area contributed by atoms with Crippen LogP contribution in [0.2, 0.25) is 0 Å². The Morgan fingerprint density at radius 3 is 0.471 bits per heavy atom. The van der Waals surface area contributed by atoms with Gasteiger partial charge in [-0.25, -0.2) is 0 Å². The molecule has 0 bridgehead atoms. The second-order valence-electron chi connectivity index (χ2n) is 43.2. The Morgan fingerprint density at radius 2 is 0.304 bits per heavy atom. The minimum absolute atomic E-state index is 0.141. The number of nitrogens with zero attached hydrogens (tertiary/aromatic N) is 2. The van der Waals surface area contributed by atoms with Crippen molar-refractivity contribution in [2.24, 2.45) is 0 Å². The summed E-state index contributed by atoms with van der Waals surface area (Å²) in [6, 6.07) is 60.7. The van der Waals surface area contributed by atoms with Crippen LogP contribution in [0.15, 0.2) is 146 Å². The smallest absolute Gasteiger partial charge is 0.0618 e. The first-order chi connectivity index (χ1) is 46.1. The van der Waals surface area contributed by atoms with E-state index >= 15 is 0 Å². The van der Waals surface area contributed by atoms with Crippen molar-refractivity contribution in [1.82, 2.24) is 0 Å². The summed E-state index contributed by atoms with van der Waals surface area (Å²) in [5, 5.41) is 9.89. The first kappa shape index (κ1) is 77.5. The molecule has 542 valence electrons. The van der Waals surface area contributed by atoms with Gasteiger partial charge in [0.25, 0.3) is 0 Å². The van der Waals surface area contributed by atoms with Crippen LogP contribution in [0.4, 0.5) is 34.1 Å². The number of benzene rings is 10. The van der Waals surface area contributed by atoms with Gasteiger partial charge in [-0.1, -0.05) is 322 Å². The zero-order valence-corrected chi connectivity index (χ0v) is 70.8. The van der Waals surface area contributed by atoms with Gasteiger partial charge >= 0.3 is 0 Å². The molecule has 10 aromatic carbocycles. The van der Waals surface area contributed by atoms with Crippen molar-refractivity contribution < 1.29 is 0 Å². The normalized spacial score (nSPS) is 13.9. The van der Waals surface area contributed by atoms with E-state index in [0.29, 0.717) is 0 Å². The molecule has 0 saturated carbocycles. The summed E-state index contributed by atoms with van der Waals surface area (Å²) in [6.45, 7) is 86.0. The molecule has 0 saturated heterocycles. The number of hydrogen-bond acceptors (Lipinski definition) is 2. The molecule has 2 nitrogen and oxygen atoms in total. The van der Waals surface area contributed by atoms with E-state index in [9.17, 15) is 0 Å². The summed E-state index contributed by atoms with van der Waals surface area (Å²) < 4.78 is 0. The number of rotatable bonds is 7. The van der Waals surface area contributed by atoms with Gasteiger partial charge in [0, 0.05) is 44.3 Å². The Labute approximate surface area is 620 Å². The summed E-state index contributed by atoms with van der Waals surface area (Å²) in [5.41, 5.74) is 23.6. The quantitative estimate of drug-likeness (QED) is 0.147. The number of fused-ring (bicyclic) bond motifs is 4. The van der Waals surface area contributed by atoms with E-state index in [1.54, 1.807) is 0 Å². The van der Waals surface area contributed by atoms with Crippen molar-refractivity contribution >= 4 is 77.2 Å². The zero-order chi connectivity index (χ0) is 76.3. The van der Waals surface area contributed by atoms with Crippen molar-refractivity contribution in [1.29, 1.82) is 0 Å². The fourth-order valence-electron chi connectivity index (χ4n) is 14.5. The average Bonchev–Trinajstić information content (AvgIpc) is 0.698. The zero-order valence-electron chi connectivity index (χ0n) is 70.8. The maximum atomic E-state index is 2.73. The van der Waals surface area contributed by atoms with Crippen LogP contribution in [-0.4, -0.2) is 0 Å². The predicted octanol–water partition coefficient (Wildman–Crippen LogP) is 30.5. The van der Waals surface area contributed by atoms with Crippen molar-refractivity contribution in [3.05, 3.63) is 212 Å². The third-order valence-corrected chi connectivity index (χ3v) is 22.0. The van der Waals surface area contributed by atoms with E-state index in [1.165, 1.54) is 155 Å². The highest BCUT2D eigenvalue weighted by Gasteiger charge is 2.36. The third kappa shape index (κ3) is 15.5. The maximum absolute atomic E-state index is 2.73. The summed E-state index contributed by atoms with van der Waals surface area (Å²) in [7, 11) is 0. The molecule has 0 radical (unpaired) electrons. The van der Waals surface area contributed by atoms with Crippen LogP contribution < -0.4 is 9.80 Å². The van der Waals surface area contributed by atoms with Crippen molar-refractivity contribution in [2.75, 3.05) is 9.80 Å². The first-order valence-electron chi connectivity index (χ1n) is 38.5. The monoisotopic (exact) mass is 1360 g/mol. The van der Waals surface area contributed by atoms with Crippen LogP contribution in [0.5, 0.6) is 0 Å². The lowest BCUT2D eigenvalue weighted by Crippen LogP contribution is -2.22. The van der Waals surface area contributed by atoms with Crippen molar-refractivity contribution in [3.8, 4) is 11.1 Å². The summed E-state index contributed by atoms with van der Waals surface area (Å²) in [6.07, 6.45) is 0.